The van der Waals surface area contributed by atoms with Gasteiger partial charge in [0.05, 0.1) is 66.1 Å². The number of carboxylic acid groups (broad SMARTS) is 1. The molecule has 176 valence electrons. The van der Waals surface area contributed by atoms with Crippen molar-refractivity contribution in [1.82, 2.24) is 5.32 Å². The number of amides is 1. The molecule has 0 radical (unpaired) electrons. The quantitative estimate of drug-likeness (QED) is 0.187. The lowest BCUT2D eigenvalue weighted by Crippen LogP contribution is -2.41. The minimum atomic E-state index is -1.16. The van der Waals surface area contributed by atoms with Gasteiger partial charge in [0.2, 0.25) is 5.91 Å². The van der Waals surface area contributed by atoms with E-state index in [0.29, 0.717) is 66.0 Å². The van der Waals surface area contributed by atoms with Gasteiger partial charge in [0.1, 0.15) is 11.8 Å². The van der Waals surface area contributed by atoms with Crippen molar-refractivity contribution in [3.63, 3.8) is 0 Å². The SMILES string of the molecule is CC(=O)CCC(NC(=O)CCOCCOCCOCCOCCOCCN)C(=O)O. The van der Waals surface area contributed by atoms with Gasteiger partial charge in [-0.05, 0) is 13.3 Å². The fourth-order valence-corrected chi connectivity index (χ4v) is 2.10. The maximum Gasteiger partial charge on any atom is 0.326 e. The number of hydrogen-bond donors (Lipinski definition) is 3. The van der Waals surface area contributed by atoms with Gasteiger partial charge in [-0.15, -0.1) is 0 Å². The number of nitrogens with two attached hydrogens (primary N) is 1. The van der Waals surface area contributed by atoms with Crippen LogP contribution in [-0.4, -0.2) is 101 Å². The summed E-state index contributed by atoms with van der Waals surface area (Å²) < 4.78 is 26.4. The first kappa shape index (κ1) is 28.4. The van der Waals surface area contributed by atoms with Crippen molar-refractivity contribution >= 4 is 17.7 Å². The van der Waals surface area contributed by atoms with E-state index in [2.05, 4.69) is 5.32 Å². The van der Waals surface area contributed by atoms with Crippen molar-refractivity contribution in [3.8, 4) is 0 Å². The molecule has 1 atom stereocenters. The Bertz CT molecular complexity index is 463. The summed E-state index contributed by atoms with van der Waals surface area (Å²) in [5, 5.41) is 11.4. The molecule has 0 aromatic heterocycles. The average molecular weight is 437 g/mol. The zero-order valence-corrected chi connectivity index (χ0v) is 17.8. The van der Waals surface area contributed by atoms with Gasteiger partial charge in [-0.25, -0.2) is 4.79 Å². The number of carboxylic acids is 1. The van der Waals surface area contributed by atoms with E-state index in [1.807, 2.05) is 0 Å². The van der Waals surface area contributed by atoms with Crippen LogP contribution in [0.1, 0.15) is 26.2 Å². The van der Waals surface area contributed by atoms with Crippen LogP contribution in [0.25, 0.3) is 0 Å². The molecule has 0 saturated carbocycles. The molecule has 0 aromatic rings. The molecule has 11 nitrogen and oxygen atoms in total. The Balaban J connectivity index is 3.43. The summed E-state index contributed by atoms with van der Waals surface area (Å²) in [5.74, 6) is -1.72. The summed E-state index contributed by atoms with van der Waals surface area (Å²) in [7, 11) is 0. The molecule has 0 fully saturated rings. The molecule has 0 aliphatic heterocycles. The predicted molar refractivity (Wildman–Crippen MR) is 107 cm³/mol. The van der Waals surface area contributed by atoms with Crippen molar-refractivity contribution in [1.29, 1.82) is 0 Å². The highest BCUT2D eigenvalue weighted by Gasteiger charge is 2.19. The lowest BCUT2D eigenvalue weighted by Gasteiger charge is -2.13. The van der Waals surface area contributed by atoms with Crippen LogP contribution in [-0.2, 0) is 38.1 Å². The molecule has 0 spiro atoms. The molecule has 0 aromatic carbocycles. The molecule has 11 heteroatoms. The van der Waals surface area contributed by atoms with Gasteiger partial charge in [-0.1, -0.05) is 0 Å². The van der Waals surface area contributed by atoms with Crippen LogP contribution in [0.5, 0.6) is 0 Å². The molecule has 30 heavy (non-hydrogen) atoms. The molecule has 0 rings (SSSR count). The van der Waals surface area contributed by atoms with Gasteiger partial charge < -0.3 is 44.6 Å². The van der Waals surface area contributed by atoms with E-state index in [-0.39, 0.29) is 31.7 Å². The summed E-state index contributed by atoms with van der Waals surface area (Å²) in [6, 6.07) is -1.07. The van der Waals surface area contributed by atoms with Crippen LogP contribution in [0, 0.1) is 0 Å². The Hall–Kier alpha value is -1.63. The van der Waals surface area contributed by atoms with E-state index in [1.54, 1.807) is 0 Å². The van der Waals surface area contributed by atoms with Crippen molar-refractivity contribution in [2.24, 2.45) is 5.73 Å². The van der Waals surface area contributed by atoms with E-state index in [0.717, 1.165) is 0 Å². The molecule has 0 aliphatic carbocycles. The van der Waals surface area contributed by atoms with E-state index in [4.69, 9.17) is 34.5 Å². The number of carbonyl (C=O) groups is 3. The monoisotopic (exact) mass is 436 g/mol. The fourth-order valence-electron chi connectivity index (χ4n) is 2.10. The van der Waals surface area contributed by atoms with E-state index < -0.39 is 17.9 Å². The first-order chi connectivity index (χ1) is 14.5. The molecule has 0 bridgehead atoms. The highest BCUT2D eigenvalue weighted by atomic mass is 16.6. The van der Waals surface area contributed by atoms with Gasteiger partial charge in [0.25, 0.3) is 0 Å². The van der Waals surface area contributed by atoms with Crippen LogP contribution < -0.4 is 11.1 Å². The smallest absolute Gasteiger partial charge is 0.326 e. The zero-order valence-electron chi connectivity index (χ0n) is 17.8. The second-order valence-corrected chi connectivity index (χ2v) is 6.30. The number of nitrogens with one attached hydrogen (secondary N) is 1. The molecular formula is C19H36N2O9. The minimum absolute atomic E-state index is 0.0320. The second-order valence-electron chi connectivity index (χ2n) is 6.30. The predicted octanol–water partition coefficient (Wildman–Crippen LogP) is -0.643. The molecule has 0 heterocycles. The van der Waals surface area contributed by atoms with Crippen molar-refractivity contribution in [3.05, 3.63) is 0 Å². The van der Waals surface area contributed by atoms with Crippen LogP contribution in [0.4, 0.5) is 0 Å². The third-order valence-electron chi connectivity index (χ3n) is 3.64. The summed E-state index contributed by atoms with van der Waals surface area (Å²) in [6.07, 6.45) is 0.207. The van der Waals surface area contributed by atoms with E-state index in [9.17, 15) is 14.4 Å². The van der Waals surface area contributed by atoms with Crippen molar-refractivity contribution in [2.45, 2.75) is 32.2 Å². The number of aliphatic carboxylic acids is 1. The zero-order chi connectivity index (χ0) is 22.5. The highest BCUT2D eigenvalue weighted by Crippen LogP contribution is 1.99. The number of ketones is 1. The molecule has 0 aliphatic rings. The summed E-state index contributed by atoms with van der Waals surface area (Å²) >= 11 is 0. The normalized spacial score (nSPS) is 11.9. The van der Waals surface area contributed by atoms with Crippen molar-refractivity contribution < 1.29 is 43.2 Å². The van der Waals surface area contributed by atoms with Crippen LogP contribution in [0.3, 0.4) is 0 Å². The fraction of sp³-hybridized carbons (Fsp3) is 0.842. The highest BCUT2D eigenvalue weighted by molar-refractivity contribution is 5.84. The minimum Gasteiger partial charge on any atom is -0.480 e. The number of carbonyl (C=O) groups excluding carboxylic acids is 2. The Morgan fingerprint density at radius 1 is 0.767 bits per heavy atom. The van der Waals surface area contributed by atoms with E-state index >= 15 is 0 Å². The molecule has 1 unspecified atom stereocenters. The first-order valence-electron chi connectivity index (χ1n) is 10.1. The number of rotatable bonds is 22. The van der Waals surface area contributed by atoms with Gasteiger partial charge in [-0.2, -0.15) is 0 Å². The summed E-state index contributed by atoms with van der Waals surface area (Å²) in [5.41, 5.74) is 5.29. The Labute approximate surface area is 177 Å². The number of Topliss-reactive ketones (excluding diaryl/α,β-unsaturated/α-hetero) is 1. The molecular weight excluding hydrogens is 400 g/mol. The molecule has 4 N–H and O–H groups in total. The van der Waals surface area contributed by atoms with Crippen LogP contribution in [0.15, 0.2) is 0 Å². The topological polar surface area (TPSA) is 156 Å². The number of hydrogen-bond acceptors (Lipinski definition) is 9. The van der Waals surface area contributed by atoms with E-state index in [1.165, 1.54) is 6.92 Å². The van der Waals surface area contributed by atoms with Crippen LogP contribution in [0.2, 0.25) is 0 Å². The molecule has 0 saturated heterocycles. The maximum atomic E-state index is 11.7. The number of ether oxygens (including phenoxy) is 5. The first-order valence-corrected chi connectivity index (χ1v) is 10.1. The van der Waals surface area contributed by atoms with Gasteiger partial charge >= 0.3 is 5.97 Å². The third kappa shape index (κ3) is 19.7. The average Bonchev–Trinajstić information content (AvgIpc) is 2.70. The standard InChI is InChI=1S/C19H36N2O9/c1-16(22)2-3-17(19(24)25)21-18(23)4-6-26-8-10-28-12-14-30-15-13-29-11-9-27-7-5-20/h17H,2-15,20H2,1H3,(H,21,23)(H,24,25). The second kappa shape index (κ2) is 20.6. The third-order valence-corrected chi connectivity index (χ3v) is 3.64. The van der Waals surface area contributed by atoms with Crippen LogP contribution >= 0.6 is 0 Å². The Morgan fingerprint density at radius 3 is 1.60 bits per heavy atom. The largest absolute Gasteiger partial charge is 0.480 e. The Kier molecular flexibility index (Phi) is 19.5. The van der Waals surface area contributed by atoms with Gasteiger partial charge in [0.15, 0.2) is 0 Å². The van der Waals surface area contributed by atoms with Gasteiger partial charge in [0, 0.05) is 19.4 Å². The summed E-state index contributed by atoms with van der Waals surface area (Å²) in [4.78, 5) is 33.7. The van der Waals surface area contributed by atoms with Gasteiger partial charge in [-0.3, -0.25) is 4.79 Å². The lowest BCUT2D eigenvalue weighted by atomic mass is 10.1. The maximum absolute atomic E-state index is 11.7. The summed E-state index contributed by atoms with van der Waals surface area (Å²) in [6.45, 7) is 6.05. The molecule has 1 amide bonds. The Morgan fingerprint density at radius 2 is 1.20 bits per heavy atom. The lowest BCUT2D eigenvalue weighted by molar-refractivity contribution is -0.142. The van der Waals surface area contributed by atoms with Crippen molar-refractivity contribution in [2.75, 3.05) is 72.6 Å².